The van der Waals surface area contributed by atoms with E-state index >= 15 is 0 Å². The third-order valence-corrected chi connectivity index (χ3v) is 4.68. The van der Waals surface area contributed by atoms with Gasteiger partial charge in [0.25, 0.3) is 0 Å². The second-order valence-corrected chi connectivity index (χ2v) is 5.70. The summed E-state index contributed by atoms with van der Waals surface area (Å²) in [5.74, 6) is 0.793. The topological polar surface area (TPSA) is 43.3 Å². The molecule has 5 nitrogen and oxygen atoms in total. The maximum Gasteiger partial charge on any atom is 0.0880 e. The second kappa shape index (κ2) is 6.32. The van der Waals surface area contributed by atoms with E-state index in [1.54, 1.807) is 21.3 Å². The first-order valence-corrected chi connectivity index (χ1v) is 6.56. The number of hydrogen-bond acceptors (Lipinski definition) is 5. The number of nitrogens with zero attached hydrogens (tertiary/aromatic N) is 2. The van der Waals surface area contributed by atoms with Gasteiger partial charge in [-0.1, -0.05) is 0 Å². The second-order valence-electron chi connectivity index (χ2n) is 3.17. The van der Waals surface area contributed by atoms with E-state index in [4.69, 9.17) is 12.5 Å². The Kier molecular flexibility index (Phi) is 5.38. The zero-order valence-electron chi connectivity index (χ0n) is 9.64. The number of hydrogen-bond donors (Lipinski definition) is 0. The molecule has 0 unspecified atom stereocenters. The fourth-order valence-electron chi connectivity index (χ4n) is 1.49. The lowest BCUT2D eigenvalue weighted by Crippen LogP contribution is -2.23. The Hall–Kier alpha value is -0.300. The molecular formula is C9H20N2O3S. The molecule has 0 aromatic heterocycles. The zero-order valence-corrected chi connectivity index (χ0v) is 10.5. The summed E-state index contributed by atoms with van der Waals surface area (Å²) in [5.41, 5.74) is 0. The van der Waals surface area contributed by atoms with Crippen LogP contribution < -0.4 is 0 Å². The molecule has 0 aromatic carbocycles. The van der Waals surface area contributed by atoms with Crippen molar-refractivity contribution in [2.75, 3.05) is 46.7 Å². The molecule has 0 amide bonds. The third kappa shape index (κ3) is 3.64. The van der Waals surface area contributed by atoms with Crippen LogP contribution in [0, 0.1) is 0 Å². The minimum atomic E-state index is -1.77. The first-order valence-electron chi connectivity index (χ1n) is 4.98. The Morgan fingerprint density at radius 3 is 2.40 bits per heavy atom. The molecule has 0 fully saturated rings. The quantitative estimate of drug-likeness (QED) is 0.666. The van der Waals surface area contributed by atoms with Crippen LogP contribution in [0.25, 0.3) is 0 Å². The molecule has 0 saturated heterocycles. The van der Waals surface area contributed by atoms with Crippen LogP contribution >= 0.6 is 10.9 Å². The summed E-state index contributed by atoms with van der Waals surface area (Å²) in [6.45, 7) is 2.92. The van der Waals surface area contributed by atoms with Crippen LogP contribution in [0.3, 0.4) is 0 Å². The zero-order chi connectivity index (χ0) is 11.1. The summed E-state index contributed by atoms with van der Waals surface area (Å²) < 4.78 is 15.9. The molecule has 0 aliphatic carbocycles. The normalized spacial score (nSPS) is 17.4. The summed E-state index contributed by atoms with van der Waals surface area (Å²) in [7, 11) is 3.10. The Labute approximate surface area is 93.3 Å². The average Bonchev–Trinajstić information content (AvgIpc) is 2.78. The molecule has 0 radical (unpaired) electrons. The Bertz CT molecular complexity index is 201. The van der Waals surface area contributed by atoms with Crippen LogP contribution in [0.1, 0.15) is 6.42 Å². The van der Waals surface area contributed by atoms with Crippen molar-refractivity contribution in [1.29, 1.82) is 0 Å². The highest BCUT2D eigenvalue weighted by atomic mass is 32.3. The molecule has 1 aliphatic heterocycles. The van der Waals surface area contributed by atoms with E-state index in [0.717, 1.165) is 31.8 Å². The molecule has 1 rings (SSSR count). The van der Waals surface area contributed by atoms with Gasteiger partial charge in [-0.05, 0) is 6.42 Å². The van der Waals surface area contributed by atoms with Gasteiger partial charge in [0.05, 0.1) is 45.1 Å². The van der Waals surface area contributed by atoms with E-state index in [0.29, 0.717) is 0 Å². The SMILES string of the molecule is COS(CCCN1C=NCC1)(OC)OC. The van der Waals surface area contributed by atoms with Crippen molar-refractivity contribution in [3.63, 3.8) is 0 Å². The summed E-state index contributed by atoms with van der Waals surface area (Å²) >= 11 is 0. The smallest absolute Gasteiger partial charge is 0.0880 e. The maximum atomic E-state index is 5.29. The minimum absolute atomic E-state index is 0.793. The van der Waals surface area contributed by atoms with Crippen LogP contribution in [0.2, 0.25) is 0 Å². The van der Waals surface area contributed by atoms with Gasteiger partial charge >= 0.3 is 0 Å². The predicted octanol–water partition coefficient (Wildman–Crippen LogP) is 1.21. The van der Waals surface area contributed by atoms with Gasteiger partial charge < -0.3 is 4.90 Å². The summed E-state index contributed by atoms with van der Waals surface area (Å²) in [6.07, 6.45) is 2.89. The van der Waals surface area contributed by atoms with Gasteiger partial charge in [0.15, 0.2) is 0 Å². The van der Waals surface area contributed by atoms with Crippen LogP contribution in [0.4, 0.5) is 0 Å². The Morgan fingerprint density at radius 1 is 1.27 bits per heavy atom. The lowest BCUT2D eigenvalue weighted by molar-refractivity contribution is 0.247. The molecule has 6 heteroatoms. The lowest BCUT2D eigenvalue weighted by Gasteiger charge is -2.33. The van der Waals surface area contributed by atoms with Crippen molar-refractivity contribution in [1.82, 2.24) is 4.90 Å². The fraction of sp³-hybridized carbons (Fsp3) is 0.889. The highest BCUT2D eigenvalue weighted by Crippen LogP contribution is 2.49. The highest BCUT2D eigenvalue weighted by Gasteiger charge is 2.22. The van der Waals surface area contributed by atoms with E-state index in [-0.39, 0.29) is 0 Å². The molecule has 0 spiro atoms. The molecule has 1 heterocycles. The van der Waals surface area contributed by atoms with Crippen molar-refractivity contribution in [2.24, 2.45) is 4.99 Å². The van der Waals surface area contributed by atoms with E-state index in [2.05, 4.69) is 9.89 Å². The van der Waals surface area contributed by atoms with Crippen LogP contribution in [0.15, 0.2) is 4.99 Å². The number of rotatable bonds is 7. The van der Waals surface area contributed by atoms with Gasteiger partial charge in [0.2, 0.25) is 0 Å². The first-order chi connectivity index (χ1) is 7.26. The van der Waals surface area contributed by atoms with Gasteiger partial charge in [-0.25, -0.2) is 0 Å². The third-order valence-electron chi connectivity index (χ3n) is 2.36. The van der Waals surface area contributed by atoms with Crippen LogP contribution in [-0.4, -0.2) is 58.0 Å². The van der Waals surface area contributed by atoms with Crippen LogP contribution in [-0.2, 0) is 12.5 Å². The minimum Gasteiger partial charge on any atom is -0.361 e. The van der Waals surface area contributed by atoms with E-state index < -0.39 is 10.9 Å². The predicted molar refractivity (Wildman–Crippen MR) is 63.0 cm³/mol. The Balaban J connectivity index is 2.24. The monoisotopic (exact) mass is 236 g/mol. The Morgan fingerprint density at radius 2 is 1.93 bits per heavy atom. The fourth-order valence-corrected chi connectivity index (χ4v) is 2.88. The van der Waals surface area contributed by atoms with Gasteiger partial charge in [-0.2, -0.15) is 0 Å². The van der Waals surface area contributed by atoms with Gasteiger partial charge in [-0.15, -0.1) is 0 Å². The van der Waals surface area contributed by atoms with E-state index in [1.807, 2.05) is 6.34 Å². The molecule has 0 bridgehead atoms. The molecule has 0 N–H and O–H groups in total. The summed E-state index contributed by atoms with van der Waals surface area (Å²) in [5, 5.41) is 0. The van der Waals surface area contributed by atoms with E-state index in [1.165, 1.54) is 0 Å². The van der Waals surface area contributed by atoms with Crippen molar-refractivity contribution in [2.45, 2.75) is 6.42 Å². The van der Waals surface area contributed by atoms with Crippen LogP contribution in [0.5, 0.6) is 0 Å². The van der Waals surface area contributed by atoms with Gasteiger partial charge in [0.1, 0.15) is 0 Å². The standard InChI is InChI=1S/C9H20N2O3S/c1-12-15(13-2,14-3)8-4-6-11-7-5-10-9-11/h9H,4-8H2,1-3H3. The van der Waals surface area contributed by atoms with Gasteiger partial charge in [-0.3, -0.25) is 17.5 Å². The molecule has 90 valence electrons. The highest BCUT2D eigenvalue weighted by molar-refractivity contribution is 8.21. The van der Waals surface area contributed by atoms with Gasteiger partial charge in [0, 0.05) is 18.8 Å². The summed E-state index contributed by atoms with van der Waals surface area (Å²) in [6, 6.07) is 0. The number of aliphatic imine (C=N–C) groups is 1. The van der Waals surface area contributed by atoms with Crippen molar-refractivity contribution in [3.8, 4) is 0 Å². The lowest BCUT2D eigenvalue weighted by atomic mass is 10.4. The largest absolute Gasteiger partial charge is 0.361 e. The van der Waals surface area contributed by atoms with E-state index in [9.17, 15) is 0 Å². The van der Waals surface area contributed by atoms with Crippen molar-refractivity contribution < 1.29 is 12.5 Å². The van der Waals surface area contributed by atoms with Crippen molar-refractivity contribution in [3.05, 3.63) is 0 Å². The first kappa shape index (κ1) is 12.8. The molecule has 15 heavy (non-hydrogen) atoms. The molecule has 0 aromatic rings. The molecule has 0 saturated carbocycles. The molecule has 1 aliphatic rings. The average molecular weight is 236 g/mol. The molecular weight excluding hydrogens is 216 g/mol. The van der Waals surface area contributed by atoms with Crippen molar-refractivity contribution >= 4 is 17.2 Å². The summed E-state index contributed by atoms with van der Waals surface area (Å²) in [4.78, 5) is 6.35. The molecule has 0 atom stereocenters. The maximum absolute atomic E-state index is 5.29.